The first-order chi connectivity index (χ1) is 12.1. The van der Waals surface area contributed by atoms with Crippen LogP contribution in [0.2, 0.25) is 5.15 Å². The summed E-state index contributed by atoms with van der Waals surface area (Å²) >= 11 is 12.1. The van der Waals surface area contributed by atoms with E-state index in [1.807, 2.05) is 20.8 Å². The highest BCUT2D eigenvalue weighted by Gasteiger charge is 2.40. The number of nitrogens with zero attached hydrogens (tertiary/aromatic N) is 1. The van der Waals surface area contributed by atoms with Crippen LogP contribution in [0, 0.1) is 16.9 Å². The molecule has 1 aromatic rings. The molecule has 1 heterocycles. The SMILES string of the molecule is C=CC(=C)C(C)C(=C(C)C)C1C(=O)CC=C(Cl)c2cc(F)c(Cl)[n+]([O-])c21. The van der Waals surface area contributed by atoms with Crippen molar-refractivity contribution >= 4 is 34.0 Å². The van der Waals surface area contributed by atoms with Gasteiger partial charge in [-0.15, -0.1) is 0 Å². The molecule has 0 amide bonds. The number of carbonyl (C=O) groups is 1. The molecule has 138 valence electrons. The van der Waals surface area contributed by atoms with Crippen molar-refractivity contribution in [2.45, 2.75) is 33.1 Å². The lowest BCUT2D eigenvalue weighted by atomic mass is 9.77. The molecule has 1 aliphatic carbocycles. The average molecular weight is 396 g/mol. The predicted octanol–water partition coefficient (Wildman–Crippen LogP) is 5.46. The number of fused-ring (bicyclic) bond motifs is 1. The van der Waals surface area contributed by atoms with Gasteiger partial charge >= 0.3 is 5.15 Å². The molecule has 0 bridgehead atoms. The Kier molecular flexibility index (Phi) is 6.09. The van der Waals surface area contributed by atoms with Gasteiger partial charge in [0.25, 0.3) is 0 Å². The molecule has 0 aromatic carbocycles. The molecule has 0 N–H and O–H groups in total. The fourth-order valence-electron chi connectivity index (χ4n) is 3.28. The lowest BCUT2D eigenvalue weighted by Crippen LogP contribution is -2.40. The van der Waals surface area contributed by atoms with Crippen molar-refractivity contribution < 1.29 is 13.9 Å². The van der Waals surface area contributed by atoms with Crippen molar-refractivity contribution in [1.82, 2.24) is 0 Å². The first-order valence-electron chi connectivity index (χ1n) is 8.10. The molecule has 1 aliphatic rings. The second kappa shape index (κ2) is 7.77. The van der Waals surface area contributed by atoms with Gasteiger partial charge in [-0.25, -0.2) is 0 Å². The third kappa shape index (κ3) is 3.49. The Labute approximate surface area is 162 Å². The number of hydrogen-bond donors (Lipinski definition) is 0. The monoisotopic (exact) mass is 395 g/mol. The van der Waals surface area contributed by atoms with Gasteiger partial charge in [-0.05, 0) is 42.7 Å². The van der Waals surface area contributed by atoms with E-state index >= 15 is 0 Å². The first kappa shape index (κ1) is 20.4. The Morgan fingerprint density at radius 1 is 1.46 bits per heavy atom. The third-order valence-electron chi connectivity index (χ3n) is 4.65. The van der Waals surface area contributed by atoms with E-state index < -0.39 is 16.9 Å². The summed E-state index contributed by atoms with van der Waals surface area (Å²) < 4.78 is 14.3. The second-order valence-corrected chi connectivity index (χ2v) is 7.25. The smallest absolute Gasteiger partial charge is 0.322 e. The van der Waals surface area contributed by atoms with E-state index in [4.69, 9.17) is 23.2 Å². The predicted molar refractivity (Wildman–Crippen MR) is 103 cm³/mol. The molecule has 0 radical (unpaired) electrons. The van der Waals surface area contributed by atoms with E-state index in [2.05, 4.69) is 13.2 Å². The number of aromatic nitrogens is 1. The molecular formula is C20H20Cl2FNO2. The molecule has 6 heteroatoms. The van der Waals surface area contributed by atoms with Crippen molar-refractivity contribution in [3.63, 3.8) is 0 Å². The van der Waals surface area contributed by atoms with Crippen LogP contribution in [0.5, 0.6) is 0 Å². The Morgan fingerprint density at radius 2 is 2.08 bits per heavy atom. The molecule has 3 nitrogen and oxygen atoms in total. The molecule has 2 unspecified atom stereocenters. The standard InChI is InChI=1S/C20H20Cl2FNO2/c1-6-11(4)12(5)17(10(2)3)18-16(25)8-7-14(21)13-9-15(23)20(22)24(26)19(13)18/h6-7,9,12,18H,1,4,8H2,2-3,5H3. The number of allylic oxidation sites excluding steroid dienone is 5. The Balaban J connectivity index is 2.85. The van der Waals surface area contributed by atoms with Gasteiger partial charge in [0.05, 0.1) is 10.6 Å². The van der Waals surface area contributed by atoms with Crippen molar-refractivity contribution in [2.75, 3.05) is 0 Å². The summed E-state index contributed by atoms with van der Waals surface area (Å²) in [7, 11) is 0. The van der Waals surface area contributed by atoms with Crippen LogP contribution >= 0.6 is 23.2 Å². The molecule has 2 rings (SSSR count). The van der Waals surface area contributed by atoms with E-state index in [0.29, 0.717) is 11.1 Å². The highest BCUT2D eigenvalue weighted by atomic mass is 35.5. The van der Waals surface area contributed by atoms with Gasteiger partial charge in [0, 0.05) is 12.3 Å². The maximum Gasteiger partial charge on any atom is 0.322 e. The largest absolute Gasteiger partial charge is 0.617 e. The van der Waals surface area contributed by atoms with Crippen LogP contribution in [-0.4, -0.2) is 5.78 Å². The summed E-state index contributed by atoms with van der Waals surface area (Å²) in [6.07, 6.45) is 3.14. The van der Waals surface area contributed by atoms with Gasteiger partial charge in [-0.3, -0.25) is 4.79 Å². The highest BCUT2D eigenvalue weighted by Crippen LogP contribution is 2.41. The van der Waals surface area contributed by atoms with Crippen molar-refractivity contribution in [2.24, 2.45) is 5.92 Å². The number of carbonyl (C=O) groups excluding carboxylic acids is 1. The Hall–Kier alpha value is -1.91. The zero-order chi connectivity index (χ0) is 19.8. The minimum Gasteiger partial charge on any atom is -0.617 e. The fraction of sp³-hybridized carbons (Fsp3) is 0.300. The number of ketones is 1. The van der Waals surface area contributed by atoms with E-state index in [1.54, 1.807) is 6.08 Å². The van der Waals surface area contributed by atoms with Gasteiger partial charge < -0.3 is 5.21 Å². The Bertz CT molecular complexity index is 867. The van der Waals surface area contributed by atoms with Crippen LogP contribution in [0.4, 0.5) is 4.39 Å². The number of hydrogen-bond acceptors (Lipinski definition) is 2. The van der Waals surface area contributed by atoms with Gasteiger partial charge in [-0.2, -0.15) is 9.12 Å². The molecular weight excluding hydrogens is 376 g/mol. The number of pyridine rings is 1. The van der Waals surface area contributed by atoms with E-state index in [0.717, 1.165) is 11.6 Å². The van der Waals surface area contributed by atoms with Crippen LogP contribution in [0.3, 0.4) is 0 Å². The van der Waals surface area contributed by atoms with E-state index in [-0.39, 0.29) is 39.1 Å². The summed E-state index contributed by atoms with van der Waals surface area (Å²) in [4.78, 5) is 13.0. The average Bonchev–Trinajstić information content (AvgIpc) is 2.71. The van der Waals surface area contributed by atoms with Crippen LogP contribution in [0.25, 0.3) is 5.03 Å². The maximum atomic E-state index is 14.0. The lowest BCUT2D eigenvalue weighted by Gasteiger charge is -2.26. The summed E-state index contributed by atoms with van der Waals surface area (Å²) in [6.45, 7) is 13.3. The van der Waals surface area contributed by atoms with Gasteiger partial charge in [0.1, 0.15) is 5.92 Å². The number of rotatable bonds is 4. The number of Topliss-reactive ketones (excluding diaryl/α,β-unsaturated/α-hetero) is 1. The maximum absolute atomic E-state index is 14.0. The topological polar surface area (TPSA) is 44.0 Å². The summed E-state index contributed by atoms with van der Waals surface area (Å²) in [5.41, 5.74) is 2.51. The summed E-state index contributed by atoms with van der Waals surface area (Å²) in [5, 5.41) is 12.3. The zero-order valence-corrected chi connectivity index (χ0v) is 16.4. The van der Waals surface area contributed by atoms with Crippen LogP contribution in [0.1, 0.15) is 44.4 Å². The van der Waals surface area contributed by atoms with E-state index in [1.165, 1.54) is 6.08 Å². The van der Waals surface area contributed by atoms with Crippen molar-refractivity contribution in [3.8, 4) is 0 Å². The van der Waals surface area contributed by atoms with Crippen LogP contribution < -0.4 is 4.73 Å². The molecule has 26 heavy (non-hydrogen) atoms. The molecule has 1 aromatic heterocycles. The number of halogens is 3. The Morgan fingerprint density at radius 3 is 2.62 bits per heavy atom. The molecule has 2 atom stereocenters. The van der Waals surface area contributed by atoms with Crippen LogP contribution in [0.15, 0.2) is 48.1 Å². The molecule has 0 aliphatic heterocycles. The van der Waals surface area contributed by atoms with Gasteiger partial charge in [0.2, 0.25) is 11.5 Å². The minimum atomic E-state index is -0.898. The zero-order valence-electron chi connectivity index (χ0n) is 14.9. The molecule has 0 saturated carbocycles. The van der Waals surface area contributed by atoms with Gasteiger partial charge in [0.15, 0.2) is 5.78 Å². The first-order valence-corrected chi connectivity index (χ1v) is 8.86. The molecule has 0 spiro atoms. The second-order valence-electron chi connectivity index (χ2n) is 6.49. The van der Waals surface area contributed by atoms with E-state index in [9.17, 15) is 14.4 Å². The molecule has 0 saturated heterocycles. The van der Waals surface area contributed by atoms with Crippen LogP contribution in [-0.2, 0) is 4.79 Å². The summed E-state index contributed by atoms with van der Waals surface area (Å²) in [6, 6.07) is 1.10. The van der Waals surface area contributed by atoms with Crippen molar-refractivity contribution in [3.05, 3.63) is 75.5 Å². The minimum absolute atomic E-state index is 0.0292. The van der Waals surface area contributed by atoms with Gasteiger partial charge in [-0.1, -0.05) is 49.4 Å². The normalized spacial score (nSPS) is 17.7. The third-order valence-corrected chi connectivity index (χ3v) is 5.34. The summed E-state index contributed by atoms with van der Waals surface area (Å²) in [5.74, 6) is -2.23. The quantitative estimate of drug-likeness (QED) is 0.223. The fourth-order valence-corrected chi connectivity index (χ4v) is 3.65. The highest BCUT2D eigenvalue weighted by molar-refractivity contribution is 6.49. The lowest BCUT2D eigenvalue weighted by molar-refractivity contribution is -0.613. The van der Waals surface area contributed by atoms with Crippen molar-refractivity contribution in [1.29, 1.82) is 0 Å². The molecule has 0 fully saturated rings.